The second kappa shape index (κ2) is 6.40. The van der Waals surface area contributed by atoms with E-state index in [2.05, 4.69) is 11.9 Å². The third kappa shape index (κ3) is 2.82. The summed E-state index contributed by atoms with van der Waals surface area (Å²) in [6.45, 7) is 3.45. The fourth-order valence-corrected chi connectivity index (χ4v) is 2.01. The number of pyridine rings is 1. The summed E-state index contributed by atoms with van der Waals surface area (Å²) in [5.74, 6) is 0.841. The van der Waals surface area contributed by atoms with Gasteiger partial charge in [0.25, 0.3) is 0 Å². The van der Waals surface area contributed by atoms with E-state index in [1.54, 1.807) is 6.20 Å². The Morgan fingerprint density at radius 1 is 1.33 bits per heavy atom. The minimum Gasteiger partial charge on any atom is -0.490 e. The number of nitrogens with zero attached hydrogens (tertiary/aromatic N) is 2. The topological polar surface area (TPSA) is 52.5 Å². The molecule has 0 amide bonds. The Labute approximate surface area is 108 Å². The minimum absolute atomic E-state index is 0.487. The van der Waals surface area contributed by atoms with Crippen LogP contribution in [-0.2, 0) is 6.54 Å². The number of aromatic nitrogens is 2. The molecule has 0 aliphatic heterocycles. The molecule has 0 radical (unpaired) electrons. The molecule has 0 unspecified atom stereocenters. The van der Waals surface area contributed by atoms with Crippen molar-refractivity contribution in [2.45, 2.75) is 39.2 Å². The molecule has 0 spiro atoms. The fourth-order valence-electron chi connectivity index (χ4n) is 2.01. The van der Waals surface area contributed by atoms with Crippen LogP contribution in [0.25, 0.3) is 5.65 Å². The van der Waals surface area contributed by atoms with E-state index in [1.807, 2.05) is 22.7 Å². The van der Waals surface area contributed by atoms with E-state index < -0.39 is 0 Å². The smallest absolute Gasteiger partial charge is 0.179 e. The summed E-state index contributed by atoms with van der Waals surface area (Å²) in [5, 5.41) is 0. The number of unbranched alkanes of at least 4 members (excludes halogenated alkanes) is 3. The molecule has 0 fully saturated rings. The van der Waals surface area contributed by atoms with E-state index in [4.69, 9.17) is 10.5 Å². The number of hydrogen-bond acceptors (Lipinski definition) is 3. The zero-order valence-corrected chi connectivity index (χ0v) is 10.9. The maximum Gasteiger partial charge on any atom is 0.179 e. The Hall–Kier alpha value is -1.55. The van der Waals surface area contributed by atoms with Crippen molar-refractivity contribution in [1.29, 1.82) is 0 Å². The van der Waals surface area contributed by atoms with Crippen molar-refractivity contribution in [3.8, 4) is 5.75 Å². The number of imidazole rings is 1. The van der Waals surface area contributed by atoms with Crippen LogP contribution >= 0.6 is 0 Å². The summed E-state index contributed by atoms with van der Waals surface area (Å²) in [4.78, 5) is 4.36. The summed E-state index contributed by atoms with van der Waals surface area (Å²) < 4.78 is 7.79. The van der Waals surface area contributed by atoms with Crippen LogP contribution < -0.4 is 10.5 Å². The van der Waals surface area contributed by atoms with E-state index in [-0.39, 0.29) is 0 Å². The van der Waals surface area contributed by atoms with Crippen LogP contribution in [0, 0.1) is 0 Å². The molecule has 0 saturated heterocycles. The molecule has 2 aromatic heterocycles. The molecule has 4 heteroatoms. The average Bonchev–Trinajstić information content (AvgIpc) is 2.82. The van der Waals surface area contributed by atoms with E-state index in [9.17, 15) is 0 Å². The first-order chi connectivity index (χ1) is 8.86. The predicted octanol–water partition coefficient (Wildman–Crippen LogP) is 2.75. The largest absolute Gasteiger partial charge is 0.490 e. The van der Waals surface area contributed by atoms with Crippen molar-refractivity contribution in [1.82, 2.24) is 9.38 Å². The van der Waals surface area contributed by atoms with Crippen LogP contribution in [0.5, 0.6) is 5.75 Å². The molecule has 98 valence electrons. The lowest BCUT2D eigenvalue weighted by Crippen LogP contribution is -2.02. The van der Waals surface area contributed by atoms with Gasteiger partial charge in [0.1, 0.15) is 0 Å². The third-order valence-electron chi connectivity index (χ3n) is 3.04. The highest BCUT2D eigenvalue weighted by Crippen LogP contribution is 2.19. The van der Waals surface area contributed by atoms with E-state index in [1.165, 1.54) is 19.3 Å². The second-order valence-corrected chi connectivity index (χ2v) is 4.43. The van der Waals surface area contributed by atoms with Gasteiger partial charge < -0.3 is 10.5 Å². The first-order valence-corrected chi connectivity index (χ1v) is 6.64. The SMILES string of the molecule is CCCCCCOc1cccn2c(CN)cnc12. The summed E-state index contributed by atoms with van der Waals surface area (Å²) in [5.41, 5.74) is 7.52. The lowest BCUT2D eigenvalue weighted by atomic mass is 10.2. The number of nitrogens with two attached hydrogens (primary N) is 1. The van der Waals surface area contributed by atoms with Crippen LogP contribution in [0.4, 0.5) is 0 Å². The standard InChI is InChI=1S/C14H21N3O/c1-2-3-4-5-9-18-13-7-6-8-17-12(10-15)11-16-14(13)17/h6-8,11H,2-5,9-10,15H2,1H3. The van der Waals surface area contributed by atoms with Crippen molar-refractivity contribution in [2.75, 3.05) is 6.61 Å². The number of ether oxygens (including phenoxy) is 1. The molecule has 0 aliphatic rings. The summed E-state index contributed by atoms with van der Waals surface area (Å²) in [7, 11) is 0. The lowest BCUT2D eigenvalue weighted by molar-refractivity contribution is 0.307. The summed E-state index contributed by atoms with van der Waals surface area (Å²) in [6, 6.07) is 3.93. The zero-order chi connectivity index (χ0) is 12.8. The quantitative estimate of drug-likeness (QED) is 0.765. The molecule has 0 bridgehead atoms. The van der Waals surface area contributed by atoms with Crippen LogP contribution in [0.2, 0.25) is 0 Å². The fraction of sp³-hybridized carbons (Fsp3) is 0.500. The van der Waals surface area contributed by atoms with Gasteiger partial charge in [-0.3, -0.25) is 4.40 Å². The summed E-state index contributed by atoms with van der Waals surface area (Å²) in [6.07, 6.45) is 8.61. The van der Waals surface area contributed by atoms with Crippen molar-refractivity contribution in [2.24, 2.45) is 5.73 Å². The van der Waals surface area contributed by atoms with Gasteiger partial charge in [-0.2, -0.15) is 0 Å². The van der Waals surface area contributed by atoms with Crippen LogP contribution in [0.15, 0.2) is 24.5 Å². The van der Waals surface area contributed by atoms with Crippen LogP contribution in [-0.4, -0.2) is 16.0 Å². The molecular formula is C14H21N3O. The van der Waals surface area contributed by atoms with Crippen molar-refractivity contribution in [3.63, 3.8) is 0 Å². The van der Waals surface area contributed by atoms with E-state index in [0.717, 1.165) is 30.1 Å². The van der Waals surface area contributed by atoms with E-state index >= 15 is 0 Å². The van der Waals surface area contributed by atoms with Gasteiger partial charge in [-0.15, -0.1) is 0 Å². The average molecular weight is 247 g/mol. The van der Waals surface area contributed by atoms with Gasteiger partial charge in [0, 0.05) is 12.7 Å². The molecule has 18 heavy (non-hydrogen) atoms. The highest BCUT2D eigenvalue weighted by Gasteiger charge is 2.06. The van der Waals surface area contributed by atoms with Gasteiger partial charge in [-0.05, 0) is 18.6 Å². The Bertz CT molecular complexity index is 493. The molecular weight excluding hydrogens is 226 g/mol. The molecule has 0 aliphatic carbocycles. The van der Waals surface area contributed by atoms with Crippen molar-refractivity contribution in [3.05, 3.63) is 30.2 Å². The van der Waals surface area contributed by atoms with Crippen molar-refractivity contribution < 1.29 is 4.74 Å². The molecule has 0 atom stereocenters. The lowest BCUT2D eigenvalue weighted by Gasteiger charge is -2.07. The molecule has 2 aromatic rings. The first-order valence-electron chi connectivity index (χ1n) is 6.64. The van der Waals surface area contributed by atoms with Gasteiger partial charge in [-0.25, -0.2) is 4.98 Å². The Kier molecular flexibility index (Phi) is 4.59. The normalized spacial score (nSPS) is 11.0. The van der Waals surface area contributed by atoms with Gasteiger partial charge in [-0.1, -0.05) is 26.2 Å². The van der Waals surface area contributed by atoms with Gasteiger partial charge in [0.15, 0.2) is 11.4 Å². The highest BCUT2D eigenvalue weighted by atomic mass is 16.5. The monoisotopic (exact) mass is 247 g/mol. The van der Waals surface area contributed by atoms with Gasteiger partial charge in [0.2, 0.25) is 0 Å². The molecule has 0 aromatic carbocycles. The number of fused-ring (bicyclic) bond motifs is 1. The molecule has 2 N–H and O–H groups in total. The molecule has 4 nitrogen and oxygen atoms in total. The minimum atomic E-state index is 0.487. The predicted molar refractivity (Wildman–Crippen MR) is 72.7 cm³/mol. The molecule has 2 heterocycles. The van der Waals surface area contributed by atoms with Crippen molar-refractivity contribution >= 4 is 5.65 Å². The van der Waals surface area contributed by atoms with E-state index in [0.29, 0.717) is 6.54 Å². The second-order valence-electron chi connectivity index (χ2n) is 4.43. The zero-order valence-electron chi connectivity index (χ0n) is 10.9. The maximum atomic E-state index is 5.80. The van der Waals surface area contributed by atoms with Gasteiger partial charge >= 0.3 is 0 Å². The highest BCUT2D eigenvalue weighted by molar-refractivity contribution is 5.54. The van der Waals surface area contributed by atoms with Gasteiger partial charge in [0.05, 0.1) is 18.5 Å². The van der Waals surface area contributed by atoms with Crippen LogP contribution in [0.1, 0.15) is 38.3 Å². The van der Waals surface area contributed by atoms with Crippen LogP contribution in [0.3, 0.4) is 0 Å². The third-order valence-corrected chi connectivity index (χ3v) is 3.04. The number of rotatable bonds is 7. The Morgan fingerprint density at radius 2 is 2.22 bits per heavy atom. The Morgan fingerprint density at radius 3 is 3.00 bits per heavy atom. The molecule has 2 rings (SSSR count). The number of hydrogen-bond donors (Lipinski definition) is 1. The first kappa shape index (κ1) is 12.9. The Balaban J connectivity index is 2.02. The summed E-state index contributed by atoms with van der Waals surface area (Å²) >= 11 is 0. The molecule has 0 saturated carbocycles. The maximum absolute atomic E-state index is 5.80.